The van der Waals surface area contributed by atoms with Crippen LogP contribution in [0, 0.1) is 11.8 Å². The molecule has 1 aliphatic rings. The predicted octanol–water partition coefficient (Wildman–Crippen LogP) is 2.51. The van der Waals surface area contributed by atoms with Gasteiger partial charge in [0.15, 0.2) is 0 Å². The minimum absolute atomic E-state index is 0.0779. The monoisotopic (exact) mass is 299 g/mol. The first kappa shape index (κ1) is 17.2. The lowest BCUT2D eigenvalue weighted by molar-refractivity contribution is -0.141. The second-order valence-corrected chi connectivity index (χ2v) is 7.76. The van der Waals surface area contributed by atoms with Gasteiger partial charge in [-0.25, -0.2) is 0 Å². The van der Waals surface area contributed by atoms with E-state index in [1.165, 1.54) is 6.92 Å². The summed E-state index contributed by atoms with van der Waals surface area (Å²) in [6.07, 6.45) is 1.27. The molecule has 0 aromatic carbocycles. The molecule has 0 aliphatic carbocycles. The number of nitrogens with zero attached hydrogens (tertiary/aromatic N) is 1. The van der Waals surface area contributed by atoms with Gasteiger partial charge in [-0.1, -0.05) is 27.7 Å². The molecule has 0 bridgehead atoms. The van der Waals surface area contributed by atoms with Gasteiger partial charge < -0.3 is 0 Å². The van der Waals surface area contributed by atoms with Gasteiger partial charge in [0.05, 0.1) is 11.8 Å². The third-order valence-corrected chi connectivity index (χ3v) is 5.18. The van der Waals surface area contributed by atoms with Crippen molar-refractivity contribution >= 4 is 29.4 Å². The van der Waals surface area contributed by atoms with E-state index in [0.717, 1.165) is 11.3 Å². The van der Waals surface area contributed by atoms with Gasteiger partial charge in [0.25, 0.3) is 0 Å². The van der Waals surface area contributed by atoms with Crippen LogP contribution in [0.4, 0.5) is 0 Å². The second kappa shape index (κ2) is 7.25. The molecule has 0 aromatic rings. The van der Waals surface area contributed by atoms with Crippen molar-refractivity contribution in [1.82, 2.24) is 4.90 Å². The van der Waals surface area contributed by atoms with E-state index in [2.05, 4.69) is 27.7 Å². The summed E-state index contributed by atoms with van der Waals surface area (Å²) in [5, 5.41) is 0.0302. The second-order valence-electron chi connectivity index (χ2n) is 6.12. The molecule has 4 nitrogen and oxygen atoms in total. The number of hydrogen-bond acceptors (Lipinski definition) is 4. The van der Waals surface area contributed by atoms with Crippen molar-refractivity contribution < 1.29 is 14.4 Å². The van der Waals surface area contributed by atoms with Crippen LogP contribution in [-0.4, -0.2) is 39.5 Å². The largest absolute Gasteiger partial charge is 0.298 e. The lowest BCUT2D eigenvalue weighted by Crippen LogP contribution is -2.35. The summed E-state index contributed by atoms with van der Waals surface area (Å²) in [5.74, 6) is 0.649. The Bertz CT molecular complexity index is 395. The molecule has 0 saturated carbocycles. The molecule has 3 unspecified atom stereocenters. The van der Waals surface area contributed by atoms with Crippen LogP contribution in [0.15, 0.2) is 0 Å². The molecule has 0 radical (unpaired) electrons. The molecular weight excluding hydrogens is 274 g/mol. The number of carbonyl (C=O) groups excluding carboxylic acids is 3. The summed E-state index contributed by atoms with van der Waals surface area (Å²) in [7, 11) is 0. The molecule has 1 rings (SSSR count). The number of likely N-dealkylation sites (tertiary alicyclic amines) is 1. The minimum Gasteiger partial charge on any atom is -0.298 e. The highest BCUT2D eigenvalue weighted by Gasteiger charge is 2.40. The van der Waals surface area contributed by atoms with E-state index in [4.69, 9.17) is 0 Å². The maximum Gasteiger partial charge on any atom is 0.243 e. The van der Waals surface area contributed by atoms with E-state index in [9.17, 15) is 14.4 Å². The number of thioether (sulfide) groups is 1. The fourth-order valence-corrected chi connectivity index (χ4v) is 3.74. The van der Waals surface area contributed by atoms with Crippen LogP contribution in [-0.2, 0) is 14.4 Å². The average Bonchev–Trinajstić information content (AvgIpc) is 2.56. The summed E-state index contributed by atoms with van der Waals surface area (Å²) >= 11 is 1.57. The minimum atomic E-state index is -0.309. The van der Waals surface area contributed by atoms with Crippen molar-refractivity contribution in [1.29, 1.82) is 0 Å². The SMILES string of the molecule is CC(=O)CN1C(=O)CC(SC(C)CC(C)C(C)C)C1=O. The Morgan fingerprint density at radius 1 is 1.30 bits per heavy atom. The third-order valence-electron chi connectivity index (χ3n) is 3.82. The van der Waals surface area contributed by atoms with E-state index in [0.29, 0.717) is 17.1 Å². The smallest absolute Gasteiger partial charge is 0.243 e. The molecule has 114 valence electrons. The highest BCUT2D eigenvalue weighted by molar-refractivity contribution is 8.01. The number of carbonyl (C=O) groups is 3. The average molecular weight is 299 g/mol. The Labute approximate surface area is 125 Å². The molecule has 2 amide bonds. The summed E-state index contributed by atoms with van der Waals surface area (Å²) in [6.45, 7) is 10.0. The van der Waals surface area contributed by atoms with Crippen molar-refractivity contribution in [2.75, 3.05) is 6.54 Å². The van der Waals surface area contributed by atoms with E-state index in [-0.39, 0.29) is 35.8 Å². The number of rotatable bonds is 7. The molecule has 0 N–H and O–H groups in total. The summed E-state index contributed by atoms with van der Waals surface area (Å²) in [4.78, 5) is 36.1. The molecule has 0 aromatic heterocycles. The van der Waals surface area contributed by atoms with Crippen LogP contribution in [0.25, 0.3) is 0 Å². The normalized spacial score (nSPS) is 22.5. The molecular formula is C15H25NO3S. The topological polar surface area (TPSA) is 54.5 Å². The lowest BCUT2D eigenvalue weighted by atomic mass is 9.93. The van der Waals surface area contributed by atoms with Gasteiger partial charge in [0.2, 0.25) is 11.8 Å². The van der Waals surface area contributed by atoms with Gasteiger partial charge in [0, 0.05) is 11.7 Å². The van der Waals surface area contributed by atoms with Crippen LogP contribution in [0.3, 0.4) is 0 Å². The van der Waals surface area contributed by atoms with E-state index < -0.39 is 0 Å². The van der Waals surface area contributed by atoms with E-state index in [1.54, 1.807) is 11.8 Å². The van der Waals surface area contributed by atoms with Gasteiger partial charge in [-0.3, -0.25) is 19.3 Å². The Morgan fingerprint density at radius 2 is 1.90 bits per heavy atom. The molecule has 3 atom stereocenters. The Morgan fingerprint density at radius 3 is 2.40 bits per heavy atom. The molecule has 5 heteroatoms. The standard InChI is InChI=1S/C15H25NO3S/c1-9(2)10(3)6-12(5)20-13-7-14(18)16(15(13)19)8-11(4)17/h9-10,12-13H,6-8H2,1-5H3. The molecule has 1 heterocycles. The summed E-state index contributed by atoms with van der Waals surface area (Å²) in [6, 6.07) is 0. The summed E-state index contributed by atoms with van der Waals surface area (Å²) < 4.78 is 0. The van der Waals surface area contributed by atoms with Gasteiger partial charge >= 0.3 is 0 Å². The highest BCUT2D eigenvalue weighted by atomic mass is 32.2. The molecule has 1 saturated heterocycles. The maximum atomic E-state index is 12.1. The number of Topliss-reactive ketones (excluding diaryl/α,β-unsaturated/α-hetero) is 1. The van der Waals surface area contributed by atoms with Crippen molar-refractivity contribution in [3.63, 3.8) is 0 Å². The zero-order valence-electron chi connectivity index (χ0n) is 13.0. The van der Waals surface area contributed by atoms with Crippen LogP contribution in [0.1, 0.15) is 47.5 Å². The van der Waals surface area contributed by atoms with Gasteiger partial charge in [-0.2, -0.15) is 0 Å². The highest BCUT2D eigenvalue weighted by Crippen LogP contribution is 2.32. The zero-order valence-corrected chi connectivity index (χ0v) is 13.8. The first-order valence-electron chi connectivity index (χ1n) is 7.21. The lowest BCUT2D eigenvalue weighted by Gasteiger charge is -2.21. The maximum absolute atomic E-state index is 12.1. The van der Waals surface area contributed by atoms with Crippen LogP contribution < -0.4 is 0 Å². The number of ketones is 1. The third kappa shape index (κ3) is 4.62. The molecule has 20 heavy (non-hydrogen) atoms. The Balaban J connectivity index is 2.55. The van der Waals surface area contributed by atoms with Gasteiger partial charge in [-0.05, 0) is 25.2 Å². The van der Waals surface area contributed by atoms with Crippen LogP contribution >= 0.6 is 11.8 Å². The molecule has 1 fully saturated rings. The van der Waals surface area contributed by atoms with Crippen LogP contribution in [0.5, 0.6) is 0 Å². The first-order chi connectivity index (χ1) is 9.22. The summed E-state index contributed by atoms with van der Waals surface area (Å²) in [5.41, 5.74) is 0. The number of hydrogen-bond donors (Lipinski definition) is 0. The quantitative estimate of drug-likeness (QED) is 0.678. The van der Waals surface area contributed by atoms with E-state index in [1.807, 2.05) is 0 Å². The van der Waals surface area contributed by atoms with Crippen molar-refractivity contribution in [3.8, 4) is 0 Å². The van der Waals surface area contributed by atoms with E-state index >= 15 is 0 Å². The van der Waals surface area contributed by atoms with Crippen molar-refractivity contribution in [2.24, 2.45) is 11.8 Å². The number of amides is 2. The van der Waals surface area contributed by atoms with Gasteiger partial charge in [-0.15, -0.1) is 11.8 Å². The molecule has 1 aliphatic heterocycles. The fraction of sp³-hybridized carbons (Fsp3) is 0.800. The van der Waals surface area contributed by atoms with Crippen molar-refractivity contribution in [3.05, 3.63) is 0 Å². The zero-order chi connectivity index (χ0) is 15.4. The Kier molecular flexibility index (Phi) is 6.24. The number of imide groups is 1. The first-order valence-corrected chi connectivity index (χ1v) is 8.15. The van der Waals surface area contributed by atoms with Crippen LogP contribution in [0.2, 0.25) is 0 Å². The molecule has 0 spiro atoms. The van der Waals surface area contributed by atoms with Gasteiger partial charge in [0.1, 0.15) is 5.78 Å². The fourth-order valence-electron chi connectivity index (χ4n) is 2.28. The Hall–Kier alpha value is -0.840. The van der Waals surface area contributed by atoms with Crippen molar-refractivity contribution in [2.45, 2.75) is 58.0 Å². The predicted molar refractivity (Wildman–Crippen MR) is 81.5 cm³/mol.